The quantitative estimate of drug-likeness (QED) is 0.774. The number of H-pyrrole nitrogens is 1. The number of hydrogen-bond donors (Lipinski definition) is 2. The van der Waals surface area contributed by atoms with Crippen molar-refractivity contribution in [3.63, 3.8) is 0 Å². The molecule has 0 spiro atoms. The van der Waals surface area contributed by atoms with E-state index in [0.29, 0.717) is 11.4 Å². The number of aryl methyl sites for hydroxylation is 1. The van der Waals surface area contributed by atoms with Gasteiger partial charge in [-0.25, -0.2) is 9.97 Å². The number of rotatable bonds is 4. The Hall–Kier alpha value is -2.40. The number of nitrogens with zero attached hydrogens (tertiary/aromatic N) is 3. The fourth-order valence-corrected chi connectivity index (χ4v) is 2.07. The van der Waals surface area contributed by atoms with Crippen molar-refractivity contribution in [2.75, 3.05) is 5.32 Å². The molecule has 0 unspecified atom stereocenters. The van der Waals surface area contributed by atoms with Crippen molar-refractivity contribution < 1.29 is 0 Å². The Morgan fingerprint density at radius 1 is 1.14 bits per heavy atom. The van der Waals surface area contributed by atoms with E-state index in [9.17, 15) is 0 Å². The van der Waals surface area contributed by atoms with Gasteiger partial charge in [0.2, 0.25) is 0 Å². The first-order valence-corrected chi connectivity index (χ1v) is 6.92. The summed E-state index contributed by atoms with van der Waals surface area (Å²) < 4.78 is 0. The van der Waals surface area contributed by atoms with Gasteiger partial charge in [0, 0.05) is 18.3 Å². The predicted octanol–water partition coefficient (Wildman–Crippen LogP) is 3.50. The molecular formula is C15H14ClN5. The Bertz CT molecular complexity index is 719. The van der Waals surface area contributed by atoms with Crippen molar-refractivity contribution in [3.05, 3.63) is 64.8 Å². The summed E-state index contributed by atoms with van der Waals surface area (Å²) in [7, 11) is 0. The summed E-state index contributed by atoms with van der Waals surface area (Å²) in [4.78, 5) is 8.50. The zero-order valence-corrected chi connectivity index (χ0v) is 12.2. The average Bonchev–Trinajstić information content (AvgIpc) is 2.89. The van der Waals surface area contributed by atoms with Crippen molar-refractivity contribution in [1.29, 1.82) is 0 Å². The highest BCUT2D eigenvalue weighted by atomic mass is 35.5. The Kier molecular flexibility index (Phi) is 3.83. The number of pyridine rings is 1. The third kappa shape index (κ3) is 3.58. The van der Waals surface area contributed by atoms with Gasteiger partial charge in [-0.1, -0.05) is 23.7 Å². The summed E-state index contributed by atoms with van der Waals surface area (Å²) in [6.45, 7) is 1.89. The first-order valence-electron chi connectivity index (χ1n) is 6.54. The molecule has 2 aromatic heterocycles. The lowest BCUT2D eigenvalue weighted by Gasteiger charge is -2.06. The van der Waals surface area contributed by atoms with Gasteiger partial charge >= 0.3 is 0 Å². The van der Waals surface area contributed by atoms with Crippen LogP contribution in [0.15, 0.2) is 42.6 Å². The number of anilines is 2. The molecule has 106 valence electrons. The Labute approximate surface area is 127 Å². The van der Waals surface area contributed by atoms with Crippen LogP contribution in [0.5, 0.6) is 0 Å². The minimum Gasteiger partial charge on any atom is -0.340 e. The number of nitrogens with one attached hydrogen (secondary N) is 2. The molecule has 0 atom stereocenters. The predicted molar refractivity (Wildman–Crippen MR) is 82.9 cm³/mol. The summed E-state index contributed by atoms with van der Waals surface area (Å²) in [5, 5.41) is 10.8. The third-order valence-corrected chi connectivity index (χ3v) is 3.18. The largest absolute Gasteiger partial charge is 0.340 e. The van der Waals surface area contributed by atoms with Crippen LogP contribution in [-0.2, 0) is 6.42 Å². The standard InChI is InChI=1S/C15H14ClN5/c1-10-18-15(21-20-10)8-11-2-5-13(6-3-11)19-14-7-4-12(16)9-17-14/h2-7,9H,8H2,1H3,(H,17,19)(H,18,20,21). The molecule has 3 rings (SSSR count). The minimum atomic E-state index is 0.623. The summed E-state index contributed by atoms with van der Waals surface area (Å²) >= 11 is 5.81. The lowest BCUT2D eigenvalue weighted by Crippen LogP contribution is -1.94. The van der Waals surface area contributed by atoms with E-state index >= 15 is 0 Å². The van der Waals surface area contributed by atoms with Crippen molar-refractivity contribution in [3.8, 4) is 0 Å². The van der Waals surface area contributed by atoms with E-state index in [1.165, 1.54) is 0 Å². The lowest BCUT2D eigenvalue weighted by atomic mass is 10.1. The average molecular weight is 300 g/mol. The first-order chi connectivity index (χ1) is 10.2. The maximum absolute atomic E-state index is 5.81. The molecular weight excluding hydrogens is 286 g/mol. The summed E-state index contributed by atoms with van der Waals surface area (Å²) in [6.07, 6.45) is 2.33. The van der Waals surface area contributed by atoms with Gasteiger partial charge in [0.05, 0.1) is 5.02 Å². The van der Waals surface area contributed by atoms with E-state index in [4.69, 9.17) is 11.6 Å². The van der Waals surface area contributed by atoms with E-state index < -0.39 is 0 Å². The Morgan fingerprint density at radius 2 is 1.95 bits per heavy atom. The van der Waals surface area contributed by atoms with Gasteiger partial charge in [-0.05, 0) is 36.8 Å². The normalized spacial score (nSPS) is 10.6. The second kappa shape index (κ2) is 5.93. The minimum absolute atomic E-state index is 0.623. The van der Waals surface area contributed by atoms with Gasteiger partial charge in [0.1, 0.15) is 11.6 Å². The van der Waals surface area contributed by atoms with E-state index in [2.05, 4.69) is 25.5 Å². The fraction of sp³-hybridized carbons (Fsp3) is 0.133. The van der Waals surface area contributed by atoms with Gasteiger partial charge in [-0.15, -0.1) is 0 Å². The lowest BCUT2D eigenvalue weighted by molar-refractivity contribution is 0.969. The molecule has 2 heterocycles. The summed E-state index contributed by atoms with van der Waals surface area (Å²) in [6, 6.07) is 11.7. The summed E-state index contributed by atoms with van der Waals surface area (Å²) in [5.41, 5.74) is 2.13. The molecule has 2 N–H and O–H groups in total. The Morgan fingerprint density at radius 3 is 2.57 bits per heavy atom. The topological polar surface area (TPSA) is 66.5 Å². The van der Waals surface area contributed by atoms with Crippen LogP contribution in [0.4, 0.5) is 11.5 Å². The van der Waals surface area contributed by atoms with Crippen molar-refractivity contribution in [2.45, 2.75) is 13.3 Å². The summed E-state index contributed by atoms with van der Waals surface area (Å²) in [5.74, 6) is 2.39. The van der Waals surface area contributed by atoms with Crippen LogP contribution in [0.25, 0.3) is 0 Å². The van der Waals surface area contributed by atoms with Crippen LogP contribution in [0.1, 0.15) is 17.2 Å². The maximum Gasteiger partial charge on any atom is 0.155 e. The number of aromatic amines is 1. The molecule has 0 saturated heterocycles. The number of hydrogen-bond acceptors (Lipinski definition) is 4. The van der Waals surface area contributed by atoms with Crippen LogP contribution >= 0.6 is 11.6 Å². The van der Waals surface area contributed by atoms with Crippen LogP contribution in [0.3, 0.4) is 0 Å². The number of benzene rings is 1. The second-order valence-corrected chi connectivity index (χ2v) is 5.13. The van der Waals surface area contributed by atoms with E-state index in [1.54, 1.807) is 12.3 Å². The molecule has 0 radical (unpaired) electrons. The molecule has 0 fully saturated rings. The molecule has 0 amide bonds. The first kappa shape index (κ1) is 13.6. The highest BCUT2D eigenvalue weighted by Gasteiger charge is 2.02. The molecule has 5 nitrogen and oxygen atoms in total. The third-order valence-electron chi connectivity index (χ3n) is 2.96. The molecule has 6 heteroatoms. The highest BCUT2D eigenvalue weighted by molar-refractivity contribution is 6.30. The van der Waals surface area contributed by atoms with E-state index in [1.807, 2.05) is 37.3 Å². The molecule has 0 aliphatic heterocycles. The zero-order valence-electron chi connectivity index (χ0n) is 11.5. The van der Waals surface area contributed by atoms with E-state index in [-0.39, 0.29) is 0 Å². The fourth-order valence-electron chi connectivity index (χ4n) is 1.95. The zero-order chi connectivity index (χ0) is 14.7. The van der Waals surface area contributed by atoms with Gasteiger partial charge in [0.15, 0.2) is 5.82 Å². The molecule has 1 aromatic carbocycles. The maximum atomic E-state index is 5.81. The van der Waals surface area contributed by atoms with Gasteiger partial charge in [-0.3, -0.25) is 5.10 Å². The molecule has 21 heavy (non-hydrogen) atoms. The monoisotopic (exact) mass is 299 g/mol. The number of aromatic nitrogens is 4. The van der Waals surface area contributed by atoms with Crippen LogP contribution in [0.2, 0.25) is 5.02 Å². The smallest absolute Gasteiger partial charge is 0.155 e. The van der Waals surface area contributed by atoms with E-state index in [0.717, 1.165) is 28.7 Å². The van der Waals surface area contributed by atoms with Crippen molar-refractivity contribution >= 4 is 23.1 Å². The van der Waals surface area contributed by atoms with Crippen LogP contribution < -0.4 is 5.32 Å². The van der Waals surface area contributed by atoms with Crippen molar-refractivity contribution in [1.82, 2.24) is 20.2 Å². The molecule has 0 aliphatic rings. The van der Waals surface area contributed by atoms with Gasteiger partial charge in [-0.2, -0.15) is 5.10 Å². The van der Waals surface area contributed by atoms with Crippen LogP contribution in [-0.4, -0.2) is 20.2 Å². The number of halogens is 1. The van der Waals surface area contributed by atoms with Crippen molar-refractivity contribution in [2.24, 2.45) is 0 Å². The van der Waals surface area contributed by atoms with Gasteiger partial charge in [0.25, 0.3) is 0 Å². The molecule has 3 aromatic rings. The van der Waals surface area contributed by atoms with Crippen LogP contribution in [0, 0.1) is 6.92 Å². The molecule has 0 saturated carbocycles. The van der Waals surface area contributed by atoms with Gasteiger partial charge < -0.3 is 5.32 Å². The Balaban J connectivity index is 1.67. The SMILES string of the molecule is Cc1nc(Cc2ccc(Nc3ccc(Cl)cn3)cc2)n[nH]1. The molecule has 0 bridgehead atoms. The second-order valence-electron chi connectivity index (χ2n) is 4.70. The highest BCUT2D eigenvalue weighted by Crippen LogP contribution is 2.17. The molecule has 0 aliphatic carbocycles.